The van der Waals surface area contributed by atoms with Crippen LogP contribution < -0.4 is 14.9 Å². The van der Waals surface area contributed by atoms with E-state index < -0.39 is 20.8 Å². The number of anilines is 2. The summed E-state index contributed by atoms with van der Waals surface area (Å²) < 4.78 is 37.3. The van der Waals surface area contributed by atoms with Gasteiger partial charge in [-0.25, -0.2) is 17.9 Å². The number of benzene rings is 2. The molecule has 11 heteroatoms. The number of carbonyl (C=O) groups is 1. The highest BCUT2D eigenvalue weighted by Crippen LogP contribution is 2.32. The predicted molar refractivity (Wildman–Crippen MR) is 105 cm³/mol. The number of rotatable bonds is 5. The van der Waals surface area contributed by atoms with Crippen molar-refractivity contribution in [2.75, 3.05) is 36.0 Å². The molecule has 1 fully saturated rings. The van der Waals surface area contributed by atoms with Crippen molar-refractivity contribution in [1.82, 2.24) is 0 Å². The number of hydrogen-bond acceptors (Lipinski definition) is 7. The van der Waals surface area contributed by atoms with Gasteiger partial charge >= 0.3 is 0 Å². The molecule has 1 saturated heterocycles. The minimum atomic E-state index is -4.06. The topological polar surface area (TPSA) is 127 Å². The zero-order chi connectivity index (χ0) is 21.3. The molecule has 29 heavy (non-hydrogen) atoms. The molecule has 0 atom stereocenters. The SMILES string of the molecule is CC(=O)c1ccc(N2CCN(c3ccc(S(N)(=O)=O)cc3[N+](=O)[O-])CC2)c(F)c1. The van der Waals surface area contributed by atoms with Gasteiger partial charge in [0.15, 0.2) is 5.78 Å². The molecule has 154 valence electrons. The number of nitro benzene ring substituents is 1. The van der Waals surface area contributed by atoms with Gasteiger partial charge in [0.25, 0.3) is 5.69 Å². The average Bonchev–Trinajstić information content (AvgIpc) is 2.67. The van der Waals surface area contributed by atoms with E-state index in [4.69, 9.17) is 5.14 Å². The van der Waals surface area contributed by atoms with Crippen LogP contribution in [0.5, 0.6) is 0 Å². The van der Waals surface area contributed by atoms with Gasteiger partial charge in [0.1, 0.15) is 11.5 Å². The van der Waals surface area contributed by atoms with Crippen molar-refractivity contribution in [3.63, 3.8) is 0 Å². The Kier molecular flexibility index (Phi) is 5.53. The van der Waals surface area contributed by atoms with E-state index in [9.17, 15) is 27.7 Å². The molecule has 2 aromatic rings. The van der Waals surface area contributed by atoms with Crippen molar-refractivity contribution < 1.29 is 22.5 Å². The monoisotopic (exact) mass is 422 g/mol. The Morgan fingerprint density at radius 2 is 1.62 bits per heavy atom. The molecule has 0 saturated carbocycles. The molecule has 1 heterocycles. The summed E-state index contributed by atoms with van der Waals surface area (Å²) in [5.41, 5.74) is 0.556. The molecular weight excluding hydrogens is 403 g/mol. The molecule has 3 rings (SSSR count). The third-order valence-corrected chi connectivity index (χ3v) is 5.70. The molecule has 0 bridgehead atoms. The summed E-state index contributed by atoms with van der Waals surface area (Å²) in [6.45, 7) is 2.88. The molecule has 2 aromatic carbocycles. The first kappa shape index (κ1) is 20.7. The zero-order valence-corrected chi connectivity index (χ0v) is 16.4. The summed E-state index contributed by atoms with van der Waals surface area (Å²) in [5.74, 6) is -0.731. The highest BCUT2D eigenvalue weighted by molar-refractivity contribution is 7.89. The summed E-state index contributed by atoms with van der Waals surface area (Å²) in [5, 5.41) is 16.5. The Morgan fingerprint density at radius 3 is 2.10 bits per heavy atom. The highest BCUT2D eigenvalue weighted by Gasteiger charge is 2.26. The van der Waals surface area contributed by atoms with E-state index in [2.05, 4.69) is 0 Å². The number of nitro groups is 1. The Hall–Kier alpha value is -3.05. The molecule has 2 N–H and O–H groups in total. The lowest BCUT2D eigenvalue weighted by molar-refractivity contribution is -0.384. The lowest BCUT2D eigenvalue weighted by atomic mass is 10.1. The summed E-state index contributed by atoms with van der Waals surface area (Å²) in [6.07, 6.45) is 0. The molecule has 0 aliphatic carbocycles. The quantitative estimate of drug-likeness (QED) is 0.443. The largest absolute Gasteiger partial charge is 0.366 e. The fourth-order valence-electron chi connectivity index (χ4n) is 3.26. The van der Waals surface area contributed by atoms with Gasteiger partial charge in [-0.15, -0.1) is 0 Å². The zero-order valence-electron chi connectivity index (χ0n) is 15.5. The van der Waals surface area contributed by atoms with Crippen molar-refractivity contribution in [1.29, 1.82) is 0 Å². The molecule has 0 amide bonds. The summed E-state index contributed by atoms with van der Waals surface area (Å²) in [4.78, 5) is 25.3. The Bertz CT molecular complexity index is 1080. The van der Waals surface area contributed by atoms with Crippen LogP contribution in [0.2, 0.25) is 0 Å². The van der Waals surface area contributed by atoms with Crippen LogP contribution in [0.1, 0.15) is 17.3 Å². The minimum absolute atomic E-state index is 0.226. The van der Waals surface area contributed by atoms with Crippen LogP contribution >= 0.6 is 0 Å². The highest BCUT2D eigenvalue weighted by atomic mass is 32.2. The smallest absolute Gasteiger partial charge is 0.293 e. The number of hydrogen-bond donors (Lipinski definition) is 1. The van der Waals surface area contributed by atoms with Crippen LogP contribution in [0, 0.1) is 15.9 Å². The Morgan fingerprint density at radius 1 is 1.07 bits per heavy atom. The number of primary sulfonamides is 1. The molecule has 1 aliphatic rings. The summed E-state index contributed by atoms with van der Waals surface area (Å²) in [6, 6.07) is 7.83. The molecule has 0 aromatic heterocycles. The van der Waals surface area contributed by atoms with Crippen LogP contribution in [0.25, 0.3) is 0 Å². The lowest BCUT2D eigenvalue weighted by Gasteiger charge is -2.37. The van der Waals surface area contributed by atoms with Crippen LogP contribution in [0.15, 0.2) is 41.3 Å². The second-order valence-corrected chi connectivity index (χ2v) is 8.21. The van der Waals surface area contributed by atoms with Crippen molar-refractivity contribution >= 4 is 32.9 Å². The first-order chi connectivity index (χ1) is 13.6. The average molecular weight is 422 g/mol. The first-order valence-electron chi connectivity index (χ1n) is 8.69. The van der Waals surface area contributed by atoms with E-state index in [0.29, 0.717) is 31.9 Å². The van der Waals surface area contributed by atoms with Crippen LogP contribution in [-0.4, -0.2) is 45.3 Å². The molecule has 1 aliphatic heterocycles. The second kappa shape index (κ2) is 7.76. The number of carbonyl (C=O) groups excluding carboxylic acids is 1. The van der Waals surface area contributed by atoms with Crippen LogP contribution in [-0.2, 0) is 10.0 Å². The number of Topliss-reactive ketones (excluding diaryl/α,β-unsaturated/α-hetero) is 1. The van der Waals surface area contributed by atoms with E-state index in [-0.39, 0.29) is 27.6 Å². The third-order valence-electron chi connectivity index (χ3n) is 4.79. The van der Waals surface area contributed by atoms with Gasteiger partial charge in [-0.2, -0.15) is 0 Å². The first-order valence-corrected chi connectivity index (χ1v) is 10.2. The fourth-order valence-corrected chi connectivity index (χ4v) is 3.80. The number of ketones is 1. The fraction of sp³-hybridized carbons (Fsp3) is 0.278. The van der Waals surface area contributed by atoms with Crippen molar-refractivity contribution in [2.24, 2.45) is 5.14 Å². The van der Waals surface area contributed by atoms with Gasteiger partial charge in [0.05, 0.1) is 15.5 Å². The van der Waals surface area contributed by atoms with Crippen molar-refractivity contribution in [2.45, 2.75) is 11.8 Å². The van der Waals surface area contributed by atoms with E-state index in [1.165, 1.54) is 25.1 Å². The van der Waals surface area contributed by atoms with E-state index in [1.807, 2.05) is 0 Å². The van der Waals surface area contributed by atoms with Gasteiger partial charge in [-0.3, -0.25) is 14.9 Å². The van der Waals surface area contributed by atoms with Crippen LogP contribution in [0.3, 0.4) is 0 Å². The lowest BCUT2D eigenvalue weighted by Crippen LogP contribution is -2.47. The van der Waals surface area contributed by atoms with Gasteiger partial charge in [-0.05, 0) is 37.3 Å². The molecular formula is C18H19FN4O5S. The third kappa shape index (κ3) is 4.35. The number of nitrogens with two attached hydrogens (primary N) is 1. The van der Waals surface area contributed by atoms with Gasteiger partial charge in [0.2, 0.25) is 10.0 Å². The minimum Gasteiger partial charge on any atom is -0.366 e. The Balaban J connectivity index is 1.81. The maximum Gasteiger partial charge on any atom is 0.293 e. The van der Waals surface area contributed by atoms with E-state index >= 15 is 0 Å². The van der Waals surface area contributed by atoms with Gasteiger partial charge in [-0.1, -0.05) is 0 Å². The summed E-state index contributed by atoms with van der Waals surface area (Å²) >= 11 is 0. The van der Waals surface area contributed by atoms with E-state index in [1.54, 1.807) is 21.9 Å². The molecule has 9 nitrogen and oxygen atoms in total. The van der Waals surface area contributed by atoms with E-state index in [0.717, 1.165) is 6.07 Å². The molecule has 0 spiro atoms. The molecule has 0 unspecified atom stereocenters. The molecule has 0 radical (unpaired) electrons. The number of nitrogens with zero attached hydrogens (tertiary/aromatic N) is 3. The number of sulfonamides is 1. The van der Waals surface area contributed by atoms with Gasteiger partial charge < -0.3 is 9.80 Å². The summed E-state index contributed by atoms with van der Waals surface area (Å²) in [7, 11) is -4.06. The predicted octanol–water partition coefficient (Wildman–Crippen LogP) is 1.91. The van der Waals surface area contributed by atoms with Crippen molar-refractivity contribution in [3.8, 4) is 0 Å². The Labute approximate surface area is 166 Å². The maximum absolute atomic E-state index is 14.4. The number of halogens is 1. The standard InChI is InChI=1S/C18H19FN4O5S/c1-12(24)13-2-4-16(15(19)10-13)21-6-8-22(9-7-21)17-5-3-14(29(20,27)28)11-18(17)23(25)26/h2-5,10-11H,6-9H2,1H3,(H2,20,27,28). The number of piperazine rings is 1. The maximum atomic E-state index is 14.4. The van der Waals surface area contributed by atoms with Crippen molar-refractivity contribution in [3.05, 3.63) is 57.9 Å². The van der Waals surface area contributed by atoms with Crippen LogP contribution in [0.4, 0.5) is 21.5 Å². The van der Waals surface area contributed by atoms with Gasteiger partial charge in [0, 0.05) is 37.8 Å². The second-order valence-electron chi connectivity index (χ2n) is 6.65. The normalized spacial score (nSPS) is 14.7.